The van der Waals surface area contributed by atoms with Crippen LogP contribution < -0.4 is 5.73 Å². The lowest BCUT2D eigenvalue weighted by molar-refractivity contribution is -0.149. The molecular formula is C21H38N2O2. The molecule has 0 saturated heterocycles. The molecule has 4 heteroatoms. The van der Waals surface area contributed by atoms with Crippen LogP contribution in [0.4, 0.5) is 0 Å². The van der Waals surface area contributed by atoms with Crippen LogP contribution in [0.1, 0.15) is 78.1 Å². The summed E-state index contributed by atoms with van der Waals surface area (Å²) in [5, 5.41) is 0. The van der Waals surface area contributed by atoms with E-state index in [2.05, 4.69) is 27.0 Å². The van der Waals surface area contributed by atoms with Crippen LogP contribution in [0.15, 0.2) is 25.3 Å². The van der Waals surface area contributed by atoms with Crippen LogP contribution in [-0.4, -0.2) is 29.8 Å². The molecule has 0 aliphatic carbocycles. The lowest BCUT2D eigenvalue weighted by Gasteiger charge is -2.34. The zero-order valence-corrected chi connectivity index (χ0v) is 16.4. The van der Waals surface area contributed by atoms with Crippen molar-refractivity contribution in [3.05, 3.63) is 25.3 Å². The SMILES string of the molecule is C=CCC(CC=C)(C(N)=O)C(=O)N(CCCCCC)CCCCCC. The normalized spacial score (nSPS) is 11.1. The summed E-state index contributed by atoms with van der Waals surface area (Å²) in [6.07, 6.45) is 12.5. The molecule has 0 unspecified atom stereocenters. The number of nitrogens with zero attached hydrogens (tertiary/aromatic N) is 1. The van der Waals surface area contributed by atoms with E-state index in [1.807, 2.05) is 4.90 Å². The van der Waals surface area contributed by atoms with E-state index in [0.29, 0.717) is 13.1 Å². The molecule has 0 heterocycles. The molecule has 0 aliphatic rings. The van der Waals surface area contributed by atoms with Gasteiger partial charge < -0.3 is 10.6 Å². The molecule has 4 nitrogen and oxygen atoms in total. The fraction of sp³-hybridized carbons (Fsp3) is 0.714. The number of carbonyl (C=O) groups is 2. The number of amides is 2. The number of allylic oxidation sites excluding steroid dienone is 2. The zero-order chi connectivity index (χ0) is 19.1. The molecule has 0 aromatic rings. The van der Waals surface area contributed by atoms with Gasteiger partial charge in [0.1, 0.15) is 5.41 Å². The van der Waals surface area contributed by atoms with Crippen LogP contribution in [-0.2, 0) is 9.59 Å². The molecule has 2 N–H and O–H groups in total. The van der Waals surface area contributed by atoms with E-state index in [0.717, 1.165) is 51.4 Å². The third kappa shape index (κ3) is 7.89. The van der Waals surface area contributed by atoms with Crippen molar-refractivity contribution in [1.29, 1.82) is 0 Å². The van der Waals surface area contributed by atoms with Crippen molar-refractivity contribution in [2.45, 2.75) is 78.1 Å². The fourth-order valence-electron chi connectivity index (χ4n) is 3.13. The average molecular weight is 351 g/mol. The predicted octanol–water partition coefficient (Wildman–Crippen LogP) is 4.60. The summed E-state index contributed by atoms with van der Waals surface area (Å²) >= 11 is 0. The minimum Gasteiger partial charge on any atom is -0.369 e. The molecule has 0 spiro atoms. The molecule has 25 heavy (non-hydrogen) atoms. The second-order valence-electron chi connectivity index (χ2n) is 6.85. The van der Waals surface area contributed by atoms with Gasteiger partial charge in [0.2, 0.25) is 11.8 Å². The molecular weight excluding hydrogens is 312 g/mol. The van der Waals surface area contributed by atoms with Crippen LogP contribution >= 0.6 is 0 Å². The Morgan fingerprint density at radius 3 is 1.64 bits per heavy atom. The van der Waals surface area contributed by atoms with E-state index in [-0.39, 0.29) is 18.7 Å². The Bertz CT molecular complexity index is 396. The minimum atomic E-state index is -1.24. The van der Waals surface area contributed by atoms with Crippen molar-refractivity contribution in [2.24, 2.45) is 11.1 Å². The average Bonchev–Trinajstić information content (AvgIpc) is 2.59. The largest absolute Gasteiger partial charge is 0.369 e. The Hall–Kier alpha value is -1.58. The second-order valence-corrected chi connectivity index (χ2v) is 6.85. The highest BCUT2D eigenvalue weighted by molar-refractivity contribution is 6.04. The highest BCUT2D eigenvalue weighted by Gasteiger charge is 2.44. The van der Waals surface area contributed by atoms with Gasteiger partial charge in [-0.15, -0.1) is 13.2 Å². The molecule has 0 aromatic heterocycles. The Labute approximate surface area is 154 Å². The molecule has 0 rings (SSSR count). The number of unbranched alkanes of at least 4 members (excludes halogenated alkanes) is 6. The van der Waals surface area contributed by atoms with Crippen molar-refractivity contribution >= 4 is 11.8 Å². The molecule has 0 fully saturated rings. The van der Waals surface area contributed by atoms with Crippen LogP contribution in [0.2, 0.25) is 0 Å². The number of hydrogen-bond donors (Lipinski definition) is 1. The second kappa shape index (κ2) is 13.7. The van der Waals surface area contributed by atoms with Crippen LogP contribution in [0.5, 0.6) is 0 Å². The van der Waals surface area contributed by atoms with Crippen molar-refractivity contribution < 1.29 is 9.59 Å². The van der Waals surface area contributed by atoms with Gasteiger partial charge in [0, 0.05) is 13.1 Å². The number of rotatable bonds is 16. The van der Waals surface area contributed by atoms with Crippen molar-refractivity contribution in [1.82, 2.24) is 4.90 Å². The van der Waals surface area contributed by atoms with E-state index in [1.165, 1.54) is 0 Å². The number of hydrogen-bond acceptors (Lipinski definition) is 2. The molecule has 2 amide bonds. The first-order valence-electron chi connectivity index (χ1n) is 9.81. The summed E-state index contributed by atoms with van der Waals surface area (Å²) in [5.74, 6) is -0.739. The lowest BCUT2D eigenvalue weighted by atomic mass is 9.78. The minimum absolute atomic E-state index is 0.159. The summed E-state index contributed by atoms with van der Waals surface area (Å²) in [6.45, 7) is 13.1. The first kappa shape index (κ1) is 23.4. The zero-order valence-electron chi connectivity index (χ0n) is 16.4. The lowest BCUT2D eigenvalue weighted by Crippen LogP contribution is -2.51. The topological polar surface area (TPSA) is 63.4 Å². The quantitative estimate of drug-likeness (QED) is 0.251. The van der Waals surface area contributed by atoms with E-state index < -0.39 is 11.3 Å². The first-order chi connectivity index (χ1) is 12.0. The molecule has 0 aliphatic heterocycles. The maximum absolute atomic E-state index is 13.2. The van der Waals surface area contributed by atoms with E-state index in [4.69, 9.17) is 5.73 Å². The summed E-state index contributed by atoms with van der Waals surface area (Å²) < 4.78 is 0. The molecule has 144 valence electrons. The fourth-order valence-corrected chi connectivity index (χ4v) is 3.13. The highest BCUT2D eigenvalue weighted by Crippen LogP contribution is 2.31. The Morgan fingerprint density at radius 1 is 0.880 bits per heavy atom. The van der Waals surface area contributed by atoms with Gasteiger partial charge in [-0.3, -0.25) is 9.59 Å². The number of nitrogens with two attached hydrogens (primary N) is 1. The Kier molecular flexibility index (Phi) is 12.8. The number of carbonyl (C=O) groups excluding carboxylic acids is 2. The summed E-state index contributed by atoms with van der Waals surface area (Å²) in [7, 11) is 0. The maximum Gasteiger partial charge on any atom is 0.238 e. The smallest absolute Gasteiger partial charge is 0.238 e. The monoisotopic (exact) mass is 350 g/mol. The van der Waals surface area contributed by atoms with Crippen LogP contribution in [0.25, 0.3) is 0 Å². The van der Waals surface area contributed by atoms with Gasteiger partial charge in [0.15, 0.2) is 0 Å². The number of primary amides is 1. The maximum atomic E-state index is 13.2. The van der Waals surface area contributed by atoms with Gasteiger partial charge in [0.05, 0.1) is 0 Å². The third-order valence-corrected chi connectivity index (χ3v) is 4.72. The molecule has 0 atom stereocenters. The molecule has 0 saturated carbocycles. The predicted molar refractivity (Wildman–Crippen MR) is 106 cm³/mol. The Balaban J connectivity index is 5.22. The van der Waals surface area contributed by atoms with Gasteiger partial charge in [-0.2, -0.15) is 0 Å². The van der Waals surface area contributed by atoms with E-state index in [1.54, 1.807) is 12.2 Å². The third-order valence-electron chi connectivity index (χ3n) is 4.72. The summed E-state index contributed by atoms with van der Waals surface area (Å²) in [5.41, 5.74) is 4.42. The van der Waals surface area contributed by atoms with Gasteiger partial charge in [-0.25, -0.2) is 0 Å². The van der Waals surface area contributed by atoms with Crippen molar-refractivity contribution in [2.75, 3.05) is 13.1 Å². The highest BCUT2D eigenvalue weighted by atomic mass is 16.2. The molecule has 0 aromatic carbocycles. The van der Waals surface area contributed by atoms with E-state index in [9.17, 15) is 9.59 Å². The van der Waals surface area contributed by atoms with Gasteiger partial charge in [-0.05, 0) is 25.7 Å². The van der Waals surface area contributed by atoms with Gasteiger partial charge in [-0.1, -0.05) is 64.5 Å². The summed E-state index contributed by atoms with van der Waals surface area (Å²) in [4.78, 5) is 27.3. The standard InChI is InChI=1S/C21H38N2O2/c1-5-9-11-13-17-23(18-14-12-10-6-2)20(25)21(15-7-3,16-8-4)19(22)24/h7-8H,3-6,9-18H2,1-2H3,(H2,22,24). The van der Waals surface area contributed by atoms with E-state index >= 15 is 0 Å². The summed E-state index contributed by atoms with van der Waals surface area (Å²) in [6, 6.07) is 0. The molecule has 0 radical (unpaired) electrons. The molecule has 0 bridgehead atoms. The van der Waals surface area contributed by atoms with Gasteiger partial charge >= 0.3 is 0 Å². The Morgan fingerprint density at radius 2 is 1.32 bits per heavy atom. The van der Waals surface area contributed by atoms with Crippen LogP contribution in [0, 0.1) is 5.41 Å². The first-order valence-corrected chi connectivity index (χ1v) is 9.81. The van der Waals surface area contributed by atoms with Crippen LogP contribution in [0.3, 0.4) is 0 Å². The van der Waals surface area contributed by atoms with Crippen molar-refractivity contribution in [3.8, 4) is 0 Å². The van der Waals surface area contributed by atoms with Gasteiger partial charge in [0.25, 0.3) is 0 Å². The van der Waals surface area contributed by atoms with Crippen molar-refractivity contribution in [3.63, 3.8) is 0 Å².